The molecule has 8 heteroatoms. The van der Waals surface area contributed by atoms with Crippen LogP contribution >= 0.6 is 0 Å². The third-order valence-corrected chi connectivity index (χ3v) is 5.26. The van der Waals surface area contributed by atoms with Crippen LogP contribution in [-0.2, 0) is 13.2 Å². The molecule has 0 aliphatic rings. The van der Waals surface area contributed by atoms with Crippen molar-refractivity contribution in [1.82, 2.24) is 20.6 Å². The Morgan fingerprint density at radius 1 is 0.912 bits per heavy atom. The maximum atomic E-state index is 12.8. The number of hydrogen-bond acceptors (Lipinski definition) is 5. The Kier molecular flexibility index (Phi) is 6.68. The predicted octanol–water partition coefficient (Wildman–Crippen LogP) is 3.38. The number of amides is 2. The fraction of sp³-hybridized carbons (Fsp3) is 0.154. The number of nitrogens with one attached hydrogen (secondary N) is 2. The molecule has 0 atom stereocenters. The molecule has 3 aromatic carbocycles. The number of aromatic nitrogens is 2. The first kappa shape index (κ1) is 22.7. The summed E-state index contributed by atoms with van der Waals surface area (Å²) in [6, 6.07) is 21.4. The molecule has 0 spiro atoms. The summed E-state index contributed by atoms with van der Waals surface area (Å²) in [5.41, 5.74) is 7.04. The molecule has 4 rings (SSSR count). The Balaban J connectivity index is 1.45. The highest BCUT2D eigenvalue weighted by Gasteiger charge is 2.17. The van der Waals surface area contributed by atoms with E-state index >= 15 is 0 Å². The Morgan fingerprint density at radius 3 is 2.41 bits per heavy atom. The van der Waals surface area contributed by atoms with E-state index in [1.807, 2.05) is 31.2 Å². The predicted molar refractivity (Wildman–Crippen MR) is 129 cm³/mol. The summed E-state index contributed by atoms with van der Waals surface area (Å²) >= 11 is 0. The van der Waals surface area contributed by atoms with Gasteiger partial charge < -0.3 is 4.74 Å². The van der Waals surface area contributed by atoms with Crippen LogP contribution in [0, 0.1) is 6.92 Å². The molecule has 0 saturated carbocycles. The second-order valence-corrected chi connectivity index (χ2v) is 7.73. The third kappa shape index (κ3) is 4.96. The number of carbonyl (C=O) groups excluding carboxylic acids is 2. The van der Waals surface area contributed by atoms with Crippen molar-refractivity contribution in [2.24, 2.45) is 0 Å². The number of hydrogen-bond donors (Lipinski definition) is 2. The minimum absolute atomic E-state index is 0.0487. The van der Waals surface area contributed by atoms with E-state index < -0.39 is 11.8 Å². The first-order valence-corrected chi connectivity index (χ1v) is 10.8. The van der Waals surface area contributed by atoms with E-state index in [1.165, 1.54) is 4.68 Å². The normalized spacial score (nSPS) is 10.6. The van der Waals surface area contributed by atoms with Gasteiger partial charge in [0.05, 0.1) is 5.39 Å². The van der Waals surface area contributed by atoms with E-state index in [9.17, 15) is 14.4 Å². The van der Waals surface area contributed by atoms with Gasteiger partial charge in [-0.25, -0.2) is 4.68 Å². The van der Waals surface area contributed by atoms with Gasteiger partial charge in [-0.1, -0.05) is 54.1 Å². The maximum absolute atomic E-state index is 12.8. The summed E-state index contributed by atoms with van der Waals surface area (Å²) in [4.78, 5) is 37.9. The topological polar surface area (TPSA) is 102 Å². The highest BCUT2D eigenvalue weighted by Crippen LogP contribution is 2.16. The van der Waals surface area contributed by atoms with Crippen LogP contribution in [0.15, 0.2) is 77.6 Å². The van der Waals surface area contributed by atoms with Crippen molar-refractivity contribution in [3.8, 4) is 5.75 Å². The van der Waals surface area contributed by atoms with E-state index in [-0.39, 0.29) is 11.3 Å². The van der Waals surface area contributed by atoms with Gasteiger partial charge in [-0.3, -0.25) is 25.2 Å². The Hall–Kier alpha value is -4.46. The molecular formula is C26H24N4O4. The first-order valence-electron chi connectivity index (χ1n) is 10.8. The second-order valence-electron chi connectivity index (χ2n) is 7.73. The number of rotatable bonds is 6. The van der Waals surface area contributed by atoms with Gasteiger partial charge >= 0.3 is 0 Å². The molecule has 4 aromatic rings. The molecule has 8 nitrogen and oxygen atoms in total. The number of hydrazine groups is 1. The van der Waals surface area contributed by atoms with E-state index in [2.05, 4.69) is 16.0 Å². The fourth-order valence-corrected chi connectivity index (χ4v) is 3.56. The lowest BCUT2D eigenvalue weighted by Gasteiger charge is -2.12. The van der Waals surface area contributed by atoms with Gasteiger partial charge in [0, 0.05) is 17.5 Å². The number of fused-ring (bicyclic) bond motifs is 1. The van der Waals surface area contributed by atoms with Crippen LogP contribution in [0.1, 0.15) is 38.9 Å². The lowest BCUT2D eigenvalue weighted by atomic mass is 10.1. The maximum Gasteiger partial charge on any atom is 0.290 e. The van der Waals surface area contributed by atoms with Crippen LogP contribution in [0.3, 0.4) is 0 Å². The van der Waals surface area contributed by atoms with Crippen molar-refractivity contribution in [2.75, 3.05) is 0 Å². The summed E-state index contributed by atoms with van der Waals surface area (Å²) in [7, 11) is 0. The smallest absolute Gasteiger partial charge is 0.290 e. The average Bonchev–Trinajstić information content (AvgIpc) is 2.86. The Morgan fingerprint density at radius 2 is 1.65 bits per heavy atom. The number of benzene rings is 3. The van der Waals surface area contributed by atoms with Crippen LogP contribution in [-0.4, -0.2) is 21.6 Å². The quantitative estimate of drug-likeness (QED) is 0.433. The monoisotopic (exact) mass is 456 g/mol. The SMILES string of the molecule is CCn1nc(C(=O)NNC(=O)c2cccc(OCc3cccc(C)c3)c2)c2ccccc2c1=O. The third-order valence-electron chi connectivity index (χ3n) is 5.26. The molecule has 172 valence electrons. The summed E-state index contributed by atoms with van der Waals surface area (Å²) < 4.78 is 7.02. The minimum atomic E-state index is -0.626. The molecule has 2 amide bonds. The Bertz CT molecular complexity index is 1430. The van der Waals surface area contributed by atoms with Crippen molar-refractivity contribution in [1.29, 1.82) is 0 Å². The molecule has 0 radical (unpaired) electrons. The van der Waals surface area contributed by atoms with Gasteiger partial charge in [0.2, 0.25) is 0 Å². The van der Waals surface area contributed by atoms with Crippen molar-refractivity contribution >= 4 is 22.6 Å². The minimum Gasteiger partial charge on any atom is -0.489 e. The highest BCUT2D eigenvalue weighted by atomic mass is 16.5. The van der Waals surface area contributed by atoms with Gasteiger partial charge in [-0.2, -0.15) is 5.10 Å². The second kappa shape index (κ2) is 9.99. The molecule has 0 saturated heterocycles. The van der Waals surface area contributed by atoms with Crippen LogP contribution in [0.5, 0.6) is 5.75 Å². The molecule has 0 aliphatic carbocycles. The van der Waals surface area contributed by atoms with E-state index in [1.54, 1.807) is 55.5 Å². The van der Waals surface area contributed by atoms with Crippen LogP contribution < -0.4 is 21.1 Å². The van der Waals surface area contributed by atoms with Crippen molar-refractivity contribution in [2.45, 2.75) is 27.0 Å². The summed E-state index contributed by atoms with van der Waals surface area (Å²) in [6.45, 7) is 4.46. The molecule has 0 aliphatic heterocycles. The lowest BCUT2D eigenvalue weighted by Crippen LogP contribution is -2.42. The standard InChI is InChI=1S/C26H24N4O4/c1-3-30-26(33)22-13-5-4-12-21(22)23(29-30)25(32)28-27-24(31)19-10-7-11-20(15-19)34-16-18-9-6-8-17(2)14-18/h4-15H,3,16H2,1-2H3,(H,27,31)(H,28,32). The molecule has 0 unspecified atom stereocenters. The van der Waals surface area contributed by atoms with Crippen molar-refractivity contribution < 1.29 is 14.3 Å². The largest absolute Gasteiger partial charge is 0.489 e. The highest BCUT2D eigenvalue weighted by molar-refractivity contribution is 6.06. The number of carbonyl (C=O) groups is 2. The van der Waals surface area contributed by atoms with Crippen molar-refractivity contribution in [3.63, 3.8) is 0 Å². The summed E-state index contributed by atoms with van der Waals surface area (Å²) in [5, 5.41) is 4.96. The van der Waals surface area contributed by atoms with Gasteiger partial charge in [0.15, 0.2) is 5.69 Å². The van der Waals surface area contributed by atoms with E-state index in [0.29, 0.717) is 35.2 Å². The summed E-state index contributed by atoms with van der Waals surface area (Å²) in [5.74, 6) is -0.607. The van der Waals surface area contributed by atoms with Crippen molar-refractivity contribution in [3.05, 3.63) is 106 Å². The number of ether oxygens (including phenoxy) is 1. The summed E-state index contributed by atoms with van der Waals surface area (Å²) in [6.07, 6.45) is 0. The molecule has 1 heterocycles. The van der Waals surface area contributed by atoms with E-state index in [4.69, 9.17) is 4.74 Å². The molecule has 2 N–H and O–H groups in total. The van der Waals surface area contributed by atoms with Crippen LogP contribution in [0.2, 0.25) is 0 Å². The lowest BCUT2D eigenvalue weighted by molar-refractivity contribution is 0.0843. The molecule has 0 fully saturated rings. The van der Waals surface area contributed by atoms with E-state index in [0.717, 1.165) is 11.1 Å². The number of aryl methyl sites for hydroxylation is 2. The fourth-order valence-electron chi connectivity index (χ4n) is 3.56. The van der Waals surface area contributed by atoms with Gasteiger partial charge in [-0.15, -0.1) is 0 Å². The molecular weight excluding hydrogens is 432 g/mol. The zero-order valence-corrected chi connectivity index (χ0v) is 18.9. The molecule has 0 bridgehead atoms. The number of nitrogens with zero attached hydrogens (tertiary/aromatic N) is 2. The van der Waals surface area contributed by atoms with Crippen LogP contribution in [0.4, 0.5) is 0 Å². The zero-order chi connectivity index (χ0) is 24.1. The average molecular weight is 457 g/mol. The van der Waals surface area contributed by atoms with Gasteiger partial charge in [-0.05, 0) is 43.7 Å². The zero-order valence-electron chi connectivity index (χ0n) is 18.9. The molecule has 34 heavy (non-hydrogen) atoms. The first-order chi connectivity index (χ1) is 16.5. The van der Waals surface area contributed by atoms with Gasteiger partial charge in [0.25, 0.3) is 17.4 Å². The Labute approximate surface area is 196 Å². The molecule has 1 aromatic heterocycles. The van der Waals surface area contributed by atoms with Gasteiger partial charge in [0.1, 0.15) is 12.4 Å². The van der Waals surface area contributed by atoms with Crippen LogP contribution in [0.25, 0.3) is 10.8 Å².